The van der Waals surface area contributed by atoms with Gasteiger partial charge < -0.3 is 24.1 Å². The Labute approximate surface area is 120 Å². The zero-order valence-corrected chi connectivity index (χ0v) is 12.0. The van der Waals surface area contributed by atoms with Gasteiger partial charge in [0.2, 0.25) is 0 Å². The summed E-state index contributed by atoms with van der Waals surface area (Å²) in [6.45, 7) is 5.58. The molecule has 0 radical (unpaired) electrons. The van der Waals surface area contributed by atoms with E-state index >= 15 is 0 Å². The molecular weight excluding hydrogens is 260 g/mol. The van der Waals surface area contributed by atoms with Gasteiger partial charge in [0.1, 0.15) is 12.4 Å². The van der Waals surface area contributed by atoms with Crippen LogP contribution in [0.15, 0.2) is 24.3 Å². The van der Waals surface area contributed by atoms with Crippen LogP contribution in [0.1, 0.15) is 5.56 Å². The number of rotatable bonds is 12. The quantitative estimate of drug-likeness (QED) is 0.588. The number of aliphatic hydroxyl groups is 1. The van der Waals surface area contributed by atoms with Gasteiger partial charge in [-0.1, -0.05) is 18.2 Å². The Morgan fingerprint density at radius 2 is 1.35 bits per heavy atom. The molecule has 0 saturated heterocycles. The van der Waals surface area contributed by atoms with Crippen molar-refractivity contribution in [3.8, 4) is 5.75 Å². The second-order valence-electron chi connectivity index (χ2n) is 4.17. The molecule has 114 valence electrons. The molecule has 5 heteroatoms. The van der Waals surface area contributed by atoms with Gasteiger partial charge in [0.05, 0.1) is 46.2 Å². The molecule has 1 aromatic rings. The van der Waals surface area contributed by atoms with E-state index in [4.69, 9.17) is 24.1 Å². The van der Waals surface area contributed by atoms with E-state index in [2.05, 4.69) is 0 Å². The third kappa shape index (κ3) is 8.12. The van der Waals surface area contributed by atoms with Crippen LogP contribution in [0.5, 0.6) is 5.75 Å². The first-order valence-corrected chi connectivity index (χ1v) is 6.87. The van der Waals surface area contributed by atoms with E-state index in [9.17, 15) is 0 Å². The van der Waals surface area contributed by atoms with Gasteiger partial charge in [-0.05, 0) is 18.6 Å². The zero-order valence-electron chi connectivity index (χ0n) is 12.0. The summed E-state index contributed by atoms with van der Waals surface area (Å²) in [7, 11) is 0. The predicted octanol–water partition coefficient (Wildman–Crippen LogP) is 1.42. The highest BCUT2D eigenvalue weighted by Crippen LogP contribution is 2.15. The largest absolute Gasteiger partial charge is 0.491 e. The van der Waals surface area contributed by atoms with Crippen LogP contribution in [-0.4, -0.2) is 58.0 Å². The van der Waals surface area contributed by atoms with Gasteiger partial charge in [-0.25, -0.2) is 0 Å². The minimum Gasteiger partial charge on any atom is -0.491 e. The standard InChI is InChI=1S/C15H24O5/c1-14-4-2-3-5-15(14)20-13-12-19-11-10-18-9-8-17-7-6-16/h2-5,16H,6-13H2,1H3. The molecule has 0 aromatic heterocycles. The second kappa shape index (κ2) is 11.7. The molecular formula is C15H24O5. The van der Waals surface area contributed by atoms with Gasteiger partial charge in [0.15, 0.2) is 0 Å². The van der Waals surface area contributed by atoms with Crippen molar-refractivity contribution in [3.05, 3.63) is 29.8 Å². The SMILES string of the molecule is Cc1ccccc1OCCOCCOCCOCCO. The van der Waals surface area contributed by atoms with Crippen LogP contribution in [0.4, 0.5) is 0 Å². The summed E-state index contributed by atoms with van der Waals surface area (Å²) in [5.74, 6) is 0.897. The molecule has 5 nitrogen and oxygen atoms in total. The van der Waals surface area contributed by atoms with Gasteiger partial charge in [-0.15, -0.1) is 0 Å². The van der Waals surface area contributed by atoms with Gasteiger partial charge in [-0.3, -0.25) is 0 Å². The molecule has 0 atom stereocenters. The van der Waals surface area contributed by atoms with Crippen molar-refractivity contribution >= 4 is 0 Å². The highest BCUT2D eigenvalue weighted by atomic mass is 16.6. The average molecular weight is 284 g/mol. The van der Waals surface area contributed by atoms with Crippen LogP contribution in [-0.2, 0) is 14.2 Å². The molecule has 0 heterocycles. The molecule has 0 unspecified atom stereocenters. The van der Waals surface area contributed by atoms with Crippen molar-refractivity contribution in [2.24, 2.45) is 0 Å². The van der Waals surface area contributed by atoms with Crippen molar-refractivity contribution in [1.82, 2.24) is 0 Å². The van der Waals surface area contributed by atoms with Crippen LogP contribution >= 0.6 is 0 Å². The van der Waals surface area contributed by atoms with Gasteiger partial charge in [0.25, 0.3) is 0 Å². The first-order chi connectivity index (χ1) is 9.84. The van der Waals surface area contributed by atoms with Gasteiger partial charge in [0, 0.05) is 0 Å². The number of hydrogen-bond acceptors (Lipinski definition) is 5. The molecule has 0 fully saturated rings. The van der Waals surface area contributed by atoms with Crippen LogP contribution in [0.3, 0.4) is 0 Å². The maximum atomic E-state index is 8.49. The van der Waals surface area contributed by atoms with E-state index in [1.54, 1.807) is 0 Å². The molecule has 0 aliphatic carbocycles. The Morgan fingerprint density at radius 1 is 0.800 bits per heavy atom. The molecule has 0 spiro atoms. The molecule has 1 N–H and O–H groups in total. The van der Waals surface area contributed by atoms with Gasteiger partial charge >= 0.3 is 0 Å². The van der Waals surface area contributed by atoms with E-state index in [0.717, 1.165) is 11.3 Å². The van der Waals surface area contributed by atoms with E-state index in [1.165, 1.54) is 0 Å². The van der Waals surface area contributed by atoms with E-state index in [-0.39, 0.29) is 6.61 Å². The van der Waals surface area contributed by atoms with E-state index in [0.29, 0.717) is 46.2 Å². The fraction of sp³-hybridized carbons (Fsp3) is 0.600. The second-order valence-corrected chi connectivity index (χ2v) is 4.17. The lowest BCUT2D eigenvalue weighted by atomic mass is 10.2. The first-order valence-electron chi connectivity index (χ1n) is 6.87. The summed E-state index contributed by atoms with van der Waals surface area (Å²) in [4.78, 5) is 0. The number of ether oxygens (including phenoxy) is 4. The van der Waals surface area contributed by atoms with E-state index < -0.39 is 0 Å². The number of hydrogen-bond donors (Lipinski definition) is 1. The Bertz CT molecular complexity index is 343. The van der Waals surface area contributed by atoms with Crippen LogP contribution in [0.2, 0.25) is 0 Å². The molecule has 0 bridgehead atoms. The lowest BCUT2D eigenvalue weighted by Gasteiger charge is -2.09. The summed E-state index contributed by atoms with van der Waals surface area (Å²) < 4.78 is 21.3. The van der Waals surface area contributed by atoms with Crippen molar-refractivity contribution in [1.29, 1.82) is 0 Å². The van der Waals surface area contributed by atoms with Crippen molar-refractivity contribution in [3.63, 3.8) is 0 Å². The fourth-order valence-electron chi connectivity index (χ4n) is 1.54. The maximum absolute atomic E-state index is 8.49. The third-order valence-electron chi connectivity index (χ3n) is 2.56. The highest BCUT2D eigenvalue weighted by molar-refractivity contribution is 5.31. The fourth-order valence-corrected chi connectivity index (χ4v) is 1.54. The minimum absolute atomic E-state index is 0.0456. The Balaban J connectivity index is 1.87. The number of para-hydroxylation sites is 1. The lowest BCUT2D eigenvalue weighted by Crippen LogP contribution is -2.13. The molecule has 1 rings (SSSR count). The lowest BCUT2D eigenvalue weighted by molar-refractivity contribution is 0.00358. The summed E-state index contributed by atoms with van der Waals surface area (Å²) >= 11 is 0. The van der Waals surface area contributed by atoms with Gasteiger partial charge in [-0.2, -0.15) is 0 Å². The molecule has 0 aliphatic heterocycles. The molecule has 0 aliphatic rings. The third-order valence-corrected chi connectivity index (χ3v) is 2.56. The van der Waals surface area contributed by atoms with Crippen molar-refractivity contribution < 1.29 is 24.1 Å². The summed E-state index contributed by atoms with van der Waals surface area (Å²) in [5.41, 5.74) is 1.12. The molecule has 20 heavy (non-hydrogen) atoms. The molecule has 0 amide bonds. The topological polar surface area (TPSA) is 57.2 Å². The number of aliphatic hydroxyl groups excluding tert-OH is 1. The Kier molecular flexibility index (Phi) is 9.87. The monoisotopic (exact) mass is 284 g/mol. The van der Waals surface area contributed by atoms with Crippen LogP contribution in [0.25, 0.3) is 0 Å². The Morgan fingerprint density at radius 3 is 1.95 bits per heavy atom. The molecule has 1 aromatic carbocycles. The number of benzene rings is 1. The van der Waals surface area contributed by atoms with Crippen LogP contribution in [0, 0.1) is 6.92 Å². The minimum atomic E-state index is 0.0456. The number of aryl methyl sites for hydroxylation is 1. The smallest absolute Gasteiger partial charge is 0.122 e. The zero-order chi connectivity index (χ0) is 14.5. The average Bonchev–Trinajstić information content (AvgIpc) is 2.46. The van der Waals surface area contributed by atoms with Crippen LogP contribution < -0.4 is 4.74 Å². The van der Waals surface area contributed by atoms with E-state index in [1.807, 2.05) is 31.2 Å². The Hall–Kier alpha value is -1.14. The summed E-state index contributed by atoms with van der Waals surface area (Å²) in [6, 6.07) is 7.91. The van der Waals surface area contributed by atoms with Crippen molar-refractivity contribution in [2.45, 2.75) is 6.92 Å². The van der Waals surface area contributed by atoms with Crippen molar-refractivity contribution in [2.75, 3.05) is 52.9 Å². The maximum Gasteiger partial charge on any atom is 0.122 e. The normalized spacial score (nSPS) is 10.7. The summed E-state index contributed by atoms with van der Waals surface area (Å²) in [6.07, 6.45) is 0. The summed E-state index contributed by atoms with van der Waals surface area (Å²) in [5, 5.41) is 8.49. The highest BCUT2D eigenvalue weighted by Gasteiger charge is 1.97. The molecule has 0 saturated carbocycles. The first kappa shape index (κ1) is 16.9. The predicted molar refractivity (Wildman–Crippen MR) is 76.2 cm³/mol.